The Bertz CT molecular complexity index is 900. The summed E-state index contributed by atoms with van der Waals surface area (Å²) in [5.74, 6) is -0.350. The minimum atomic E-state index is -0.966. The summed E-state index contributed by atoms with van der Waals surface area (Å²) >= 11 is 0. The van der Waals surface area contributed by atoms with Gasteiger partial charge in [-0.15, -0.1) is 5.11 Å². The highest BCUT2D eigenvalue weighted by Gasteiger charge is 2.22. The van der Waals surface area contributed by atoms with Gasteiger partial charge in [-0.1, -0.05) is 12.2 Å². The quantitative estimate of drug-likeness (QED) is 0.883. The minimum absolute atomic E-state index is 0.215. The van der Waals surface area contributed by atoms with Gasteiger partial charge < -0.3 is 10.1 Å². The fourth-order valence-electron chi connectivity index (χ4n) is 2.47. The van der Waals surface area contributed by atoms with Gasteiger partial charge in [-0.2, -0.15) is 5.11 Å². The van der Waals surface area contributed by atoms with E-state index >= 15 is 0 Å². The van der Waals surface area contributed by atoms with Crippen molar-refractivity contribution in [2.24, 2.45) is 10.2 Å². The Kier molecular flexibility index (Phi) is 2.38. The molecule has 2 heterocycles. The summed E-state index contributed by atoms with van der Waals surface area (Å²) in [6.45, 7) is 0. The van der Waals surface area contributed by atoms with Crippen LogP contribution in [0.1, 0.15) is 22.6 Å². The highest BCUT2D eigenvalue weighted by Crippen LogP contribution is 2.36. The van der Waals surface area contributed by atoms with Crippen molar-refractivity contribution in [1.29, 1.82) is 0 Å². The lowest BCUT2D eigenvalue weighted by Gasteiger charge is -2.03. The van der Waals surface area contributed by atoms with Gasteiger partial charge >= 0.3 is 5.97 Å². The number of imidazole rings is 1. The van der Waals surface area contributed by atoms with E-state index in [0.717, 1.165) is 28.9 Å². The second-order valence-corrected chi connectivity index (χ2v) is 4.83. The molecule has 2 aliphatic rings. The molecule has 102 valence electrons. The largest absolute Gasteiger partial charge is 0.478 e. The number of carbonyl (C=O) groups is 1. The first-order valence-electron chi connectivity index (χ1n) is 6.48. The van der Waals surface area contributed by atoms with Crippen molar-refractivity contribution in [3.8, 4) is 0 Å². The fourth-order valence-corrected chi connectivity index (χ4v) is 2.47. The van der Waals surface area contributed by atoms with E-state index in [0.29, 0.717) is 11.3 Å². The van der Waals surface area contributed by atoms with Crippen molar-refractivity contribution in [2.75, 3.05) is 0 Å². The van der Waals surface area contributed by atoms with E-state index in [1.54, 1.807) is 18.2 Å². The van der Waals surface area contributed by atoms with Crippen molar-refractivity contribution >= 4 is 22.7 Å². The molecule has 0 unspecified atom stereocenters. The predicted molar refractivity (Wildman–Crippen MR) is 76.7 cm³/mol. The van der Waals surface area contributed by atoms with Gasteiger partial charge in [0, 0.05) is 5.57 Å². The minimum Gasteiger partial charge on any atom is -0.478 e. The van der Waals surface area contributed by atoms with Gasteiger partial charge in [-0.25, -0.2) is 9.78 Å². The maximum absolute atomic E-state index is 11.0. The number of nitrogens with one attached hydrogen (secondary N) is 1. The zero-order valence-electron chi connectivity index (χ0n) is 10.9. The van der Waals surface area contributed by atoms with E-state index in [1.165, 1.54) is 0 Å². The van der Waals surface area contributed by atoms with Gasteiger partial charge in [0.25, 0.3) is 0 Å². The molecule has 1 aromatic heterocycles. The number of aromatic nitrogens is 2. The number of hydrogen-bond donors (Lipinski definition) is 2. The third-order valence-electron chi connectivity index (χ3n) is 3.52. The molecule has 21 heavy (non-hydrogen) atoms. The number of carboxylic acid groups (broad SMARTS) is 1. The van der Waals surface area contributed by atoms with Crippen molar-refractivity contribution < 1.29 is 9.90 Å². The summed E-state index contributed by atoms with van der Waals surface area (Å²) in [6, 6.07) is 4.81. The predicted octanol–water partition coefficient (Wildman–Crippen LogP) is 3.28. The van der Waals surface area contributed by atoms with Crippen LogP contribution in [0.2, 0.25) is 0 Å². The number of fused-ring (bicyclic) bond motifs is 2. The molecule has 0 atom stereocenters. The normalized spacial score (nSPS) is 16.5. The number of hydrogen-bond acceptors (Lipinski definition) is 4. The smallest absolute Gasteiger partial charge is 0.335 e. The van der Waals surface area contributed by atoms with Crippen LogP contribution in [-0.4, -0.2) is 21.0 Å². The summed E-state index contributed by atoms with van der Waals surface area (Å²) in [5.41, 5.74) is 4.22. The number of carboxylic acids is 1. The van der Waals surface area contributed by atoms with Crippen molar-refractivity contribution in [1.82, 2.24) is 9.97 Å². The number of benzene rings is 1. The Balaban J connectivity index is 1.85. The van der Waals surface area contributed by atoms with Crippen molar-refractivity contribution in [3.05, 3.63) is 59.1 Å². The van der Waals surface area contributed by atoms with Crippen LogP contribution < -0.4 is 0 Å². The zero-order chi connectivity index (χ0) is 14.4. The molecule has 4 rings (SSSR count). The lowest BCUT2D eigenvalue weighted by Crippen LogP contribution is -1.94. The average Bonchev–Trinajstić information content (AvgIpc) is 3.09. The van der Waals surface area contributed by atoms with Gasteiger partial charge in [0.05, 0.1) is 22.3 Å². The molecule has 1 aliphatic carbocycles. The molecule has 0 fully saturated rings. The number of aromatic carboxylic acids is 1. The molecular weight excluding hydrogens is 268 g/mol. The van der Waals surface area contributed by atoms with E-state index in [1.807, 2.05) is 18.2 Å². The van der Waals surface area contributed by atoms with Crippen LogP contribution in [0.25, 0.3) is 16.7 Å². The average molecular weight is 278 g/mol. The third-order valence-corrected chi connectivity index (χ3v) is 3.52. The summed E-state index contributed by atoms with van der Waals surface area (Å²) in [7, 11) is 0. The van der Waals surface area contributed by atoms with Crippen LogP contribution in [-0.2, 0) is 0 Å². The van der Waals surface area contributed by atoms with E-state index in [2.05, 4.69) is 20.2 Å². The van der Waals surface area contributed by atoms with Gasteiger partial charge in [-0.05, 0) is 30.7 Å². The SMILES string of the molecule is O=C(O)c1ccc2[nH]c(C3=C4CC=CC=C4N=N3)nc2c1. The molecule has 1 aromatic carbocycles. The molecule has 0 saturated heterocycles. The summed E-state index contributed by atoms with van der Waals surface area (Å²) in [6.07, 6.45) is 6.69. The lowest BCUT2D eigenvalue weighted by atomic mass is 10.0. The standard InChI is InChI=1S/C15H10N4O2/c20-15(21)8-5-6-11-12(7-8)17-14(16-11)13-9-3-1-2-4-10(9)18-19-13/h1-2,4-7H,3H2,(H,16,17)(H,20,21). The molecule has 2 N–H and O–H groups in total. The Morgan fingerprint density at radius 2 is 2.19 bits per heavy atom. The molecule has 2 aromatic rings. The van der Waals surface area contributed by atoms with Crippen molar-refractivity contribution in [3.63, 3.8) is 0 Å². The van der Waals surface area contributed by atoms with Crippen LogP contribution in [0, 0.1) is 0 Å². The molecule has 0 spiro atoms. The molecule has 0 bridgehead atoms. The molecule has 1 aliphatic heterocycles. The summed E-state index contributed by atoms with van der Waals surface area (Å²) in [5, 5.41) is 17.3. The van der Waals surface area contributed by atoms with Crippen LogP contribution in [0.4, 0.5) is 0 Å². The topological polar surface area (TPSA) is 90.7 Å². The molecule has 0 saturated carbocycles. The Morgan fingerprint density at radius 1 is 1.29 bits per heavy atom. The maximum Gasteiger partial charge on any atom is 0.335 e. The zero-order valence-corrected chi connectivity index (χ0v) is 10.9. The number of rotatable bonds is 2. The third kappa shape index (κ3) is 1.80. The van der Waals surface area contributed by atoms with E-state index in [9.17, 15) is 4.79 Å². The second-order valence-electron chi connectivity index (χ2n) is 4.83. The van der Waals surface area contributed by atoms with Crippen LogP contribution in [0.15, 0.2) is 57.9 Å². The number of azo groups is 1. The molecule has 6 heteroatoms. The van der Waals surface area contributed by atoms with E-state index < -0.39 is 5.97 Å². The van der Waals surface area contributed by atoms with Crippen molar-refractivity contribution in [2.45, 2.75) is 6.42 Å². The lowest BCUT2D eigenvalue weighted by molar-refractivity contribution is 0.0697. The number of nitrogens with zero attached hydrogens (tertiary/aromatic N) is 3. The van der Waals surface area contributed by atoms with E-state index in [-0.39, 0.29) is 5.56 Å². The molecule has 0 amide bonds. The monoisotopic (exact) mass is 278 g/mol. The number of aromatic amines is 1. The Labute approximate surface area is 119 Å². The van der Waals surface area contributed by atoms with Crippen LogP contribution in [0.3, 0.4) is 0 Å². The van der Waals surface area contributed by atoms with Gasteiger partial charge in [0.15, 0.2) is 5.82 Å². The first-order chi connectivity index (χ1) is 10.2. The van der Waals surface area contributed by atoms with Gasteiger partial charge in [-0.3, -0.25) is 0 Å². The van der Waals surface area contributed by atoms with Gasteiger partial charge in [0.1, 0.15) is 5.70 Å². The maximum atomic E-state index is 11.0. The highest BCUT2D eigenvalue weighted by atomic mass is 16.4. The highest BCUT2D eigenvalue weighted by molar-refractivity contribution is 5.93. The van der Waals surface area contributed by atoms with Crippen LogP contribution >= 0.6 is 0 Å². The second kappa shape index (κ2) is 4.24. The summed E-state index contributed by atoms with van der Waals surface area (Å²) in [4.78, 5) is 18.6. The molecular formula is C15H10N4O2. The first kappa shape index (κ1) is 11.8. The fraction of sp³-hybridized carbons (Fsp3) is 0.0667. The number of H-pyrrole nitrogens is 1. The molecule has 6 nitrogen and oxygen atoms in total. The molecule has 0 radical (unpaired) electrons. The van der Waals surface area contributed by atoms with E-state index in [4.69, 9.17) is 5.11 Å². The van der Waals surface area contributed by atoms with Crippen LogP contribution in [0.5, 0.6) is 0 Å². The Morgan fingerprint density at radius 3 is 3.05 bits per heavy atom. The van der Waals surface area contributed by atoms with Gasteiger partial charge in [0.2, 0.25) is 0 Å². The summed E-state index contributed by atoms with van der Waals surface area (Å²) < 4.78 is 0. The Hall–Kier alpha value is -3.02. The first-order valence-corrected chi connectivity index (χ1v) is 6.48. The number of allylic oxidation sites excluding steroid dienone is 4.